The number of nitrogens with zero attached hydrogens (tertiary/aromatic N) is 2. The van der Waals surface area contributed by atoms with Crippen LogP contribution in [0.2, 0.25) is 0 Å². The molecular formula is C17H32N2O. The molecular weight excluding hydrogens is 248 g/mol. The highest BCUT2D eigenvalue weighted by molar-refractivity contribution is 5.81. The van der Waals surface area contributed by atoms with Crippen LogP contribution >= 0.6 is 0 Å². The Morgan fingerprint density at radius 1 is 1.20 bits per heavy atom. The Kier molecular flexibility index (Phi) is 6.03. The highest BCUT2D eigenvalue weighted by atomic mass is 16.1. The van der Waals surface area contributed by atoms with Gasteiger partial charge in [0.15, 0.2) is 0 Å². The van der Waals surface area contributed by atoms with Crippen molar-refractivity contribution in [3.8, 4) is 0 Å². The summed E-state index contributed by atoms with van der Waals surface area (Å²) in [6.07, 6.45) is 5.62. The molecule has 1 aliphatic carbocycles. The molecule has 3 heteroatoms. The van der Waals surface area contributed by atoms with E-state index in [4.69, 9.17) is 0 Å². The summed E-state index contributed by atoms with van der Waals surface area (Å²) < 4.78 is 0. The molecule has 0 N–H and O–H groups in total. The summed E-state index contributed by atoms with van der Waals surface area (Å²) in [5.41, 5.74) is 0. The number of hydrogen-bond donors (Lipinski definition) is 0. The highest BCUT2D eigenvalue weighted by Gasteiger charge is 2.32. The Bertz CT molecular complexity index is 314. The minimum absolute atomic E-state index is 0.323. The van der Waals surface area contributed by atoms with Crippen LogP contribution < -0.4 is 0 Å². The van der Waals surface area contributed by atoms with E-state index < -0.39 is 0 Å². The van der Waals surface area contributed by atoms with E-state index in [0.717, 1.165) is 44.8 Å². The predicted octanol–water partition coefficient (Wildman–Crippen LogP) is 2.80. The third kappa shape index (κ3) is 3.82. The van der Waals surface area contributed by atoms with Gasteiger partial charge in [-0.05, 0) is 44.8 Å². The first kappa shape index (κ1) is 16.0. The number of rotatable bonds is 6. The zero-order chi connectivity index (χ0) is 14.5. The Labute approximate surface area is 124 Å². The Hall–Kier alpha value is -0.410. The Morgan fingerprint density at radius 2 is 1.95 bits per heavy atom. The van der Waals surface area contributed by atoms with E-state index in [1.165, 1.54) is 25.9 Å². The van der Waals surface area contributed by atoms with E-state index in [1.807, 2.05) is 0 Å². The van der Waals surface area contributed by atoms with Crippen LogP contribution in [-0.2, 0) is 4.79 Å². The van der Waals surface area contributed by atoms with Crippen molar-refractivity contribution >= 4 is 5.78 Å². The van der Waals surface area contributed by atoms with Crippen LogP contribution in [0, 0.1) is 11.8 Å². The molecule has 116 valence electrons. The molecule has 0 amide bonds. The molecule has 0 aromatic carbocycles. The summed E-state index contributed by atoms with van der Waals surface area (Å²) in [5.74, 6) is 1.64. The van der Waals surface area contributed by atoms with Gasteiger partial charge in [0.25, 0.3) is 0 Å². The summed E-state index contributed by atoms with van der Waals surface area (Å²) in [7, 11) is 0. The fourth-order valence-corrected chi connectivity index (χ4v) is 4.08. The standard InChI is InChI=1S/C17H32N2O/c1-4-14-7-8-17(20)15(11-14)12-18-10-9-16(13-18)19(5-2)6-3/h14-16H,4-13H2,1-3H3. The van der Waals surface area contributed by atoms with Crippen molar-refractivity contribution in [3.63, 3.8) is 0 Å². The fourth-order valence-electron chi connectivity index (χ4n) is 4.08. The van der Waals surface area contributed by atoms with Crippen LogP contribution in [0.1, 0.15) is 52.9 Å². The second-order valence-corrected chi connectivity index (χ2v) is 6.64. The molecule has 0 aromatic heterocycles. The average molecular weight is 280 g/mol. The Morgan fingerprint density at radius 3 is 2.60 bits per heavy atom. The van der Waals surface area contributed by atoms with E-state index in [2.05, 4.69) is 30.6 Å². The van der Waals surface area contributed by atoms with Gasteiger partial charge in [-0.3, -0.25) is 9.69 Å². The third-order valence-electron chi connectivity index (χ3n) is 5.50. The molecule has 1 saturated carbocycles. The molecule has 2 fully saturated rings. The molecule has 3 atom stereocenters. The van der Waals surface area contributed by atoms with Crippen LogP contribution in [0.3, 0.4) is 0 Å². The minimum Gasteiger partial charge on any atom is -0.301 e. The second-order valence-electron chi connectivity index (χ2n) is 6.64. The predicted molar refractivity (Wildman–Crippen MR) is 83.9 cm³/mol. The summed E-state index contributed by atoms with van der Waals surface area (Å²) in [6.45, 7) is 12.4. The van der Waals surface area contributed by atoms with Gasteiger partial charge in [0.2, 0.25) is 0 Å². The lowest BCUT2D eigenvalue weighted by atomic mass is 9.79. The molecule has 3 unspecified atom stereocenters. The van der Waals surface area contributed by atoms with Gasteiger partial charge in [0.05, 0.1) is 0 Å². The Balaban J connectivity index is 1.83. The van der Waals surface area contributed by atoms with Gasteiger partial charge in [0, 0.05) is 31.5 Å². The summed E-state index contributed by atoms with van der Waals surface area (Å²) in [4.78, 5) is 17.2. The second kappa shape index (κ2) is 7.56. The number of carbonyl (C=O) groups is 1. The van der Waals surface area contributed by atoms with E-state index in [1.54, 1.807) is 0 Å². The molecule has 1 aliphatic heterocycles. The van der Waals surface area contributed by atoms with Gasteiger partial charge in [-0.25, -0.2) is 0 Å². The SMILES string of the molecule is CCC1CCC(=O)C(CN2CCC(N(CC)CC)C2)C1. The summed E-state index contributed by atoms with van der Waals surface area (Å²) in [6, 6.07) is 0.714. The van der Waals surface area contributed by atoms with Crippen molar-refractivity contribution < 1.29 is 4.79 Å². The van der Waals surface area contributed by atoms with Crippen LogP contribution in [0.25, 0.3) is 0 Å². The van der Waals surface area contributed by atoms with Crippen molar-refractivity contribution in [2.45, 2.75) is 58.9 Å². The molecule has 0 aromatic rings. The summed E-state index contributed by atoms with van der Waals surface area (Å²) in [5, 5.41) is 0. The maximum absolute atomic E-state index is 12.1. The van der Waals surface area contributed by atoms with E-state index >= 15 is 0 Å². The van der Waals surface area contributed by atoms with Crippen molar-refractivity contribution in [3.05, 3.63) is 0 Å². The van der Waals surface area contributed by atoms with Crippen LogP contribution in [0.5, 0.6) is 0 Å². The van der Waals surface area contributed by atoms with Gasteiger partial charge in [-0.1, -0.05) is 27.2 Å². The zero-order valence-electron chi connectivity index (χ0n) is 13.6. The third-order valence-corrected chi connectivity index (χ3v) is 5.50. The van der Waals surface area contributed by atoms with Gasteiger partial charge in [-0.15, -0.1) is 0 Å². The maximum Gasteiger partial charge on any atom is 0.137 e. The smallest absolute Gasteiger partial charge is 0.137 e. The quantitative estimate of drug-likeness (QED) is 0.747. The van der Waals surface area contributed by atoms with Crippen molar-refractivity contribution in [1.82, 2.24) is 9.80 Å². The van der Waals surface area contributed by atoms with Crippen LogP contribution in [0.15, 0.2) is 0 Å². The topological polar surface area (TPSA) is 23.6 Å². The van der Waals surface area contributed by atoms with Crippen molar-refractivity contribution in [2.24, 2.45) is 11.8 Å². The molecule has 0 bridgehead atoms. The molecule has 20 heavy (non-hydrogen) atoms. The maximum atomic E-state index is 12.1. The molecule has 2 aliphatic rings. The largest absolute Gasteiger partial charge is 0.301 e. The lowest BCUT2D eigenvalue weighted by Crippen LogP contribution is -2.40. The fraction of sp³-hybridized carbons (Fsp3) is 0.941. The lowest BCUT2D eigenvalue weighted by molar-refractivity contribution is -0.126. The molecule has 0 radical (unpaired) electrons. The van der Waals surface area contributed by atoms with Gasteiger partial charge in [0.1, 0.15) is 5.78 Å². The number of Topliss-reactive ketones (excluding diaryl/α,β-unsaturated/α-hetero) is 1. The van der Waals surface area contributed by atoms with Crippen molar-refractivity contribution in [2.75, 3.05) is 32.7 Å². The lowest BCUT2D eigenvalue weighted by Gasteiger charge is -2.31. The first-order chi connectivity index (χ1) is 9.67. The van der Waals surface area contributed by atoms with Crippen LogP contribution in [0.4, 0.5) is 0 Å². The van der Waals surface area contributed by atoms with Gasteiger partial charge >= 0.3 is 0 Å². The highest BCUT2D eigenvalue weighted by Crippen LogP contribution is 2.30. The van der Waals surface area contributed by atoms with Gasteiger partial charge < -0.3 is 4.90 Å². The van der Waals surface area contributed by atoms with E-state index in [9.17, 15) is 4.79 Å². The molecule has 2 rings (SSSR count). The number of carbonyl (C=O) groups excluding carboxylic acids is 1. The van der Waals surface area contributed by atoms with Crippen LogP contribution in [-0.4, -0.2) is 54.3 Å². The molecule has 3 nitrogen and oxygen atoms in total. The number of hydrogen-bond acceptors (Lipinski definition) is 3. The number of likely N-dealkylation sites (tertiary alicyclic amines) is 1. The minimum atomic E-state index is 0.323. The average Bonchev–Trinajstić information content (AvgIpc) is 2.91. The summed E-state index contributed by atoms with van der Waals surface area (Å²) >= 11 is 0. The monoisotopic (exact) mass is 280 g/mol. The molecule has 1 heterocycles. The van der Waals surface area contributed by atoms with E-state index in [0.29, 0.717) is 17.7 Å². The number of likely N-dealkylation sites (N-methyl/N-ethyl adjacent to an activating group) is 1. The first-order valence-corrected chi connectivity index (χ1v) is 8.66. The normalized spacial score (nSPS) is 32.2. The molecule has 0 spiro atoms. The number of ketones is 1. The van der Waals surface area contributed by atoms with E-state index in [-0.39, 0.29) is 0 Å². The molecule has 1 saturated heterocycles. The first-order valence-electron chi connectivity index (χ1n) is 8.66. The zero-order valence-corrected chi connectivity index (χ0v) is 13.6. The van der Waals surface area contributed by atoms with Gasteiger partial charge in [-0.2, -0.15) is 0 Å². The van der Waals surface area contributed by atoms with Crippen molar-refractivity contribution in [1.29, 1.82) is 0 Å².